The second kappa shape index (κ2) is 4.83. The Morgan fingerprint density at radius 1 is 1.32 bits per heavy atom. The third kappa shape index (κ3) is 2.29. The fourth-order valence-electron chi connectivity index (χ4n) is 5.01. The van der Waals surface area contributed by atoms with Gasteiger partial charge in [0.15, 0.2) is 0 Å². The largest absolute Gasteiger partial charge is 0.411 e. The fraction of sp³-hybridized carbons (Fsp3) is 1.00. The van der Waals surface area contributed by atoms with Crippen molar-refractivity contribution in [3.8, 4) is 0 Å². The van der Waals surface area contributed by atoms with Gasteiger partial charge in [0.25, 0.3) is 0 Å². The summed E-state index contributed by atoms with van der Waals surface area (Å²) in [4.78, 5) is 0. The summed E-state index contributed by atoms with van der Waals surface area (Å²) in [5.74, 6) is 0.638. The molecule has 128 valence electrons. The number of hydrogen-bond donors (Lipinski definition) is 0. The lowest BCUT2D eigenvalue weighted by Crippen LogP contribution is -2.42. The van der Waals surface area contributed by atoms with Gasteiger partial charge in [-0.3, -0.25) is 0 Å². The first-order chi connectivity index (χ1) is 10.00. The first-order valence-corrected chi connectivity index (χ1v) is 9.25. The third-order valence-electron chi connectivity index (χ3n) is 6.26. The molecule has 22 heavy (non-hydrogen) atoms. The summed E-state index contributed by atoms with van der Waals surface area (Å²) in [5, 5.41) is 0. The van der Waals surface area contributed by atoms with Crippen LogP contribution in [0.4, 0.5) is 13.2 Å². The molecule has 1 saturated heterocycles. The zero-order valence-electron chi connectivity index (χ0n) is 12.8. The third-order valence-corrected chi connectivity index (χ3v) is 8.29. The molecule has 2 saturated carbocycles. The van der Waals surface area contributed by atoms with Crippen LogP contribution in [0.15, 0.2) is 0 Å². The molecule has 4 nitrogen and oxygen atoms in total. The van der Waals surface area contributed by atoms with Crippen molar-refractivity contribution in [3.05, 3.63) is 0 Å². The monoisotopic (exact) mass is 341 g/mol. The van der Waals surface area contributed by atoms with E-state index in [4.69, 9.17) is 0 Å². The Labute approximate surface area is 129 Å². The van der Waals surface area contributed by atoms with Gasteiger partial charge >= 0.3 is 6.18 Å². The Hall–Kier alpha value is -0.340. The number of fused-ring (bicyclic) bond motifs is 1. The van der Waals surface area contributed by atoms with Crippen LogP contribution in [-0.2, 0) is 14.8 Å². The van der Waals surface area contributed by atoms with E-state index >= 15 is 0 Å². The maximum Gasteiger partial charge on any atom is 0.411 e. The highest BCUT2D eigenvalue weighted by molar-refractivity contribution is 7.89. The predicted molar refractivity (Wildman–Crippen MR) is 74.7 cm³/mol. The van der Waals surface area contributed by atoms with Crippen molar-refractivity contribution in [1.29, 1.82) is 0 Å². The van der Waals surface area contributed by atoms with Crippen LogP contribution in [-0.4, -0.2) is 50.5 Å². The Morgan fingerprint density at radius 2 is 2.00 bits per heavy atom. The van der Waals surface area contributed by atoms with Crippen molar-refractivity contribution >= 4 is 10.0 Å². The second-order valence-corrected chi connectivity index (χ2v) is 9.32. The van der Waals surface area contributed by atoms with Crippen molar-refractivity contribution in [2.45, 2.75) is 45.3 Å². The molecule has 3 atom stereocenters. The molecule has 2 bridgehead atoms. The quantitative estimate of drug-likeness (QED) is 0.738. The summed E-state index contributed by atoms with van der Waals surface area (Å²) in [5.41, 5.74) is -0.257. The van der Waals surface area contributed by atoms with E-state index in [1.165, 1.54) is 4.31 Å². The maximum absolute atomic E-state index is 12.5. The highest BCUT2D eigenvalue weighted by atomic mass is 32.2. The summed E-state index contributed by atoms with van der Waals surface area (Å²) in [6, 6.07) is -0.0688. The van der Waals surface area contributed by atoms with Gasteiger partial charge in [-0.05, 0) is 30.6 Å². The molecular formula is C14H22F3NO3S. The molecule has 1 spiro atoms. The number of sulfonamides is 1. The van der Waals surface area contributed by atoms with Gasteiger partial charge in [0.1, 0.15) is 6.61 Å². The predicted octanol–water partition coefficient (Wildman–Crippen LogP) is 2.41. The van der Waals surface area contributed by atoms with Gasteiger partial charge in [0.2, 0.25) is 10.0 Å². The molecule has 3 aliphatic rings. The summed E-state index contributed by atoms with van der Waals surface area (Å²) in [7, 11) is -3.41. The van der Waals surface area contributed by atoms with Crippen LogP contribution < -0.4 is 0 Å². The number of hydrogen-bond acceptors (Lipinski definition) is 3. The molecule has 0 N–H and O–H groups in total. The van der Waals surface area contributed by atoms with E-state index in [0.29, 0.717) is 5.92 Å². The zero-order valence-corrected chi connectivity index (χ0v) is 13.6. The minimum Gasteiger partial charge on any atom is -0.371 e. The Balaban J connectivity index is 1.71. The van der Waals surface area contributed by atoms with E-state index in [1.807, 2.05) is 0 Å². The van der Waals surface area contributed by atoms with Crippen LogP contribution in [0.3, 0.4) is 0 Å². The molecule has 0 aromatic heterocycles. The number of alkyl halides is 3. The van der Waals surface area contributed by atoms with Gasteiger partial charge in [0, 0.05) is 18.0 Å². The number of ether oxygens (including phenoxy) is 1. The normalized spacial score (nSPS) is 39.3. The van der Waals surface area contributed by atoms with E-state index < -0.39 is 22.8 Å². The standard InChI is InChI=1S/C14H22F3NO3S/c1-12(2)10-3-4-13(12)9-22(19,20)18(11(13)7-10)5-6-21-8-14(15,16)17/h10-11H,3-9H2,1-2H3/t10-,11+,13+/m1/s1. The van der Waals surface area contributed by atoms with Crippen LogP contribution in [0, 0.1) is 16.7 Å². The lowest BCUT2D eigenvalue weighted by Gasteiger charge is -2.37. The minimum atomic E-state index is -4.38. The van der Waals surface area contributed by atoms with Crippen molar-refractivity contribution in [2.24, 2.45) is 16.7 Å². The van der Waals surface area contributed by atoms with Crippen LogP contribution in [0.1, 0.15) is 33.1 Å². The number of halogens is 3. The molecule has 0 amide bonds. The van der Waals surface area contributed by atoms with Gasteiger partial charge in [-0.25, -0.2) is 8.42 Å². The Bertz CT molecular complexity index is 560. The topological polar surface area (TPSA) is 46.6 Å². The van der Waals surface area contributed by atoms with Crippen molar-refractivity contribution < 1.29 is 26.3 Å². The van der Waals surface area contributed by atoms with Crippen molar-refractivity contribution in [3.63, 3.8) is 0 Å². The van der Waals surface area contributed by atoms with E-state index in [0.717, 1.165) is 19.3 Å². The van der Waals surface area contributed by atoms with Crippen LogP contribution in [0.2, 0.25) is 0 Å². The molecule has 8 heteroatoms. The lowest BCUT2D eigenvalue weighted by atomic mass is 9.69. The highest BCUT2D eigenvalue weighted by Gasteiger charge is 2.71. The average molecular weight is 341 g/mol. The maximum atomic E-state index is 12.5. The van der Waals surface area contributed by atoms with Gasteiger partial charge < -0.3 is 4.74 Å². The van der Waals surface area contributed by atoms with Gasteiger partial charge in [0.05, 0.1) is 12.4 Å². The van der Waals surface area contributed by atoms with Gasteiger partial charge in [-0.2, -0.15) is 17.5 Å². The summed E-state index contributed by atoms with van der Waals surface area (Å²) >= 11 is 0. The Morgan fingerprint density at radius 3 is 2.59 bits per heavy atom. The second-order valence-electron chi connectivity index (χ2n) is 7.40. The number of rotatable bonds is 4. The molecule has 1 aliphatic heterocycles. The van der Waals surface area contributed by atoms with Crippen molar-refractivity contribution in [1.82, 2.24) is 4.31 Å². The lowest BCUT2D eigenvalue weighted by molar-refractivity contribution is -0.174. The SMILES string of the molecule is CC1(C)[C@@H]2CC[C@@]13CS(=O)(=O)N(CCOCC(F)(F)F)[C@H]3C2. The molecule has 3 rings (SSSR count). The molecule has 0 aromatic rings. The first-order valence-electron chi connectivity index (χ1n) is 7.64. The minimum absolute atomic E-state index is 0.0215. The molecule has 0 radical (unpaired) electrons. The van der Waals surface area contributed by atoms with Crippen LogP contribution >= 0.6 is 0 Å². The summed E-state index contributed by atoms with van der Waals surface area (Å²) in [6.45, 7) is 2.77. The molecular weight excluding hydrogens is 319 g/mol. The van der Waals surface area contributed by atoms with E-state index in [2.05, 4.69) is 18.6 Å². The van der Waals surface area contributed by atoms with Crippen LogP contribution in [0.5, 0.6) is 0 Å². The molecule has 3 fully saturated rings. The van der Waals surface area contributed by atoms with Crippen molar-refractivity contribution in [2.75, 3.05) is 25.5 Å². The van der Waals surface area contributed by atoms with E-state index in [1.54, 1.807) is 0 Å². The van der Waals surface area contributed by atoms with E-state index in [9.17, 15) is 21.6 Å². The summed E-state index contributed by atoms with van der Waals surface area (Å²) < 4.78 is 67.3. The molecule has 2 aliphatic carbocycles. The van der Waals surface area contributed by atoms with Gasteiger partial charge in [-0.15, -0.1) is 0 Å². The summed E-state index contributed by atoms with van der Waals surface area (Å²) in [6.07, 6.45) is -1.60. The Kier molecular flexibility index (Phi) is 3.63. The van der Waals surface area contributed by atoms with Gasteiger partial charge in [-0.1, -0.05) is 13.8 Å². The smallest absolute Gasteiger partial charge is 0.371 e. The van der Waals surface area contributed by atoms with Crippen LogP contribution in [0.25, 0.3) is 0 Å². The average Bonchev–Trinajstić information content (AvgIpc) is 2.81. The van der Waals surface area contributed by atoms with E-state index in [-0.39, 0.29) is 35.8 Å². The fourth-order valence-corrected chi connectivity index (χ4v) is 7.57. The highest BCUT2D eigenvalue weighted by Crippen LogP contribution is 2.69. The number of nitrogens with zero attached hydrogens (tertiary/aromatic N) is 1. The molecule has 0 aromatic carbocycles. The molecule has 0 unspecified atom stereocenters. The first kappa shape index (κ1) is 16.5. The molecule has 1 heterocycles. The zero-order chi connectivity index (χ0) is 16.4.